The van der Waals surface area contributed by atoms with Gasteiger partial charge in [0.2, 0.25) is 0 Å². The quantitative estimate of drug-likeness (QED) is 0.843. The van der Waals surface area contributed by atoms with Crippen LogP contribution in [0.15, 0.2) is 18.2 Å². The molecule has 1 aromatic rings. The molecule has 1 fully saturated rings. The molecule has 18 heavy (non-hydrogen) atoms. The van der Waals surface area contributed by atoms with Crippen LogP contribution in [0.4, 0.5) is 8.78 Å². The van der Waals surface area contributed by atoms with Crippen molar-refractivity contribution >= 4 is 5.91 Å². The maximum Gasteiger partial charge on any atom is 0.254 e. The van der Waals surface area contributed by atoms with Crippen LogP contribution in [0.2, 0.25) is 0 Å². The number of halogens is 2. The van der Waals surface area contributed by atoms with Gasteiger partial charge in [0.25, 0.3) is 5.91 Å². The van der Waals surface area contributed by atoms with Gasteiger partial charge in [-0.15, -0.1) is 0 Å². The van der Waals surface area contributed by atoms with Gasteiger partial charge in [0, 0.05) is 18.7 Å². The summed E-state index contributed by atoms with van der Waals surface area (Å²) in [6.45, 7) is 3.65. The molecule has 1 heterocycles. The Kier molecular flexibility index (Phi) is 3.91. The third-order valence-corrected chi connectivity index (χ3v) is 3.32. The third kappa shape index (κ3) is 2.85. The van der Waals surface area contributed by atoms with Crippen LogP contribution in [-0.2, 0) is 0 Å². The lowest BCUT2D eigenvalue weighted by atomic mass is 9.94. The molecule has 5 heteroatoms. The molecule has 1 saturated heterocycles. The number of carbonyl (C=O) groups is 1. The fourth-order valence-corrected chi connectivity index (χ4v) is 2.10. The molecule has 0 saturated carbocycles. The largest absolute Gasteiger partial charge is 0.348 e. The Morgan fingerprint density at radius 2 is 2.22 bits per heavy atom. The van der Waals surface area contributed by atoms with E-state index in [0.29, 0.717) is 12.5 Å². The first-order chi connectivity index (χ1) is 8.58. The van der Waals surface area contributed by atoms with Gasteiger partial charge in [-0.1, -0.05) is 6.92 Å². The van der Waals surface area contributed by atoms with Crippen molar-refractivity contribution in [3.8, 4) is 0 Å². The van der Waals surface area contributed by atoms with Crippen LogP contribution in [0.25, 0.3) is 0 Å². The first kappa shape index (κ1) is 13.0. The number of hydrogen-bond donors (Lipinski definition) is 2. The predicted molar refractivity (Wildman–Crippen MR) is 64.3 cm³/mol. The number of carbonyl (C=O) groups excluding carboxylic acids is 1. The zero-order valence-electron chi connectivity index (χ0n) is 10.2. The Labute approximate surface area is 105 Å². The summed E-state index contributed by atoms with van der Waals surface area (Å²) in [5, 5.41) is 5.96. The van der Waals surface area contributed by atoms with Crippen molar-refractivity contribution in [1.29, 1.82) is 0 Å². The maximum atomic E-state index is 13.4. The van der Waals surface area contributed by atoms with Crippen LogP contribution in [0.3, 0.4) is 0 Å². The molecular weight excluding hydrogens is 238 g/mol. The Hall–Kier alpha value is -1.49. The number of piperidine rings is 1. The molecule has 0 unspecified atom stereocenters. The van der Waals surface area contributed by atoms with Crippen molar-refractivity contribution in [2.75, 3.05) is 13.1 Å². The van der Waals surface area contributed by atoms with Crippen LogP contribution in [0.5, 0.6) is 0 Å². The lowest BCUT2D eigenvalue weighted by Crippen LogP contribution is -2.50. The van der Waals surface area contributed by atoms with Crippen LogP contribution in [-0.4, -0.2) is 25.0 Å². The van der Waals surface area contributed by atoms with E-state index in [1.165, 1.54) is 6.07 Å². The summed E-state index contributed by atoms with van der Waals surface area (Å²) in [5.41, 5.74) is -0.117. The number of benzene rings is 1. The van der Waals surface area contributed by atoms with Crippen LogP contribution in [0.1, 0.15) is 23.7 Å². The minimum Gasteiger partial charge on any atom is -0.348 e. The highest BCUT2D eigenvalue weighted by molar-refractivity contribution is 5.94. The number of hydrogen-bond acceptors (Lipinski definition) is 2. The normalized spacial score (nSPS) is 23.7. The van der Waals surface area contributed by atoms with E-state index in [9.17, 15) is 13.6 Å². The van der Waals surface area contributed by atoms with Crippen molar-refractivity contribution in [2.24, 2.45) is 5.92 Å². The van der Waals surface area contributed by atoms with E-state index < -0.39 is 17.5 Å². The summed E-state index contributed by atoms with van der Waals surface area (Å²) in [6.07, 6.45) is 0.969. The minimum absolute atomic E-state index is 0.0179. The molecule has 0 radical (unpaired) electrons. The summed E-state index contributed by atoms with van der Waals surface area (Å²) in [5.74, 6) is -1.66. The molecule has 0 aromatic heterocycles. The highest BCUT2D eigenvalue weighted by Crippen LogP contribution is 2.14. The summed E-state index contributed by atoms with van der Waals surface area (Å²) in [7, 11) is 0. The molecule has 98 valence electrons. The monoisotopic (exact) mass is 254 g/mol. The van der Waals surface area contributed by atoms with E-state index in [1.807, 2.05) is 6.92 Å². The zero-order valence-corrected chi connectivity index (χ0v) is 10.2. The van der Waals surface area contributed by atoms with Gasteiger partial charge in [0.15, 0.2) is 0 Å². The van der Waals surface area contributed by atoms with Crippen molar-refractivity contribution in [3.63, 3.8) is 0 Å². The minimum atomic E-state index is -0.830. The van der Waals surface area contributed by atoms with Crippen LogP contribution in [0, 0.1) is 17.6 Å². The van der Waals surface area contributed by atoms with Crippen molar-refractivity contribution in [2.45, 2.75) is 19.4 Å². The molecule has 1 aliphatic rings. The van der Waals surface area contributed by atoms with E-state index in [2.05, 4.69) is 10.6 Å². The fourth-order valence-electron chi connectivity index (χ4n) is 2.10. The Morgan fingerprint density at radius 3 is 2.89 bits per heavy atom. The SMILES string of the molecule is C[C@@H]1CCNC[C@H]1NC(=O)c1ccc(F)cc1F. The second kappa shape index (κ2) is 5.44. The van der Waals surface area contributed by atoms with Gasteiger partial charge in [-0.3, -0.25) is 4.79 Å². The summed E-state index contributed by atoms with van der Waals surface area (Å²) in [4.78, 5) is 11.9. The number of rotatable bonds is 2. The predicted octanol–water partition coefficient (Wildman–Crippen LogP) is 1.69. The molecule has 1 aromatic carbocycles. The molecule has 1 amide bonds. The van der Waals surface area contributed by atoms with Gasteiger partial charge < -0.3 is 10.6 Å². The molecule has 0 spiro atoms. The first-order valence-electron chi connectivity index (χ1n) is 6.04. The summed E-state index contributed by atoms with van der Waals surface area (Å²) >= 11 is 0. The Morgan fingerprint density at radius 1 is 1.44 bits per heavy atom. The van der Waals surface area contributed by atoms with E-state index in [-0.39, 0.29) is 11.6 Å². The molecule has 2 rings (SSSR count). The standard InChI is InChI=1S/C13H16F2N2O/c1-8-4-5-16-7-12(8)17-13(18)10-3-2-9(14)6-11(10)15/h2-3,6,8,12,16H,4-5,7H2,1H3,(H,17,18)/t8-,12-/m1/s1. The maximum absolute atomic E-state index is 13.4. The molecule has 2 N–H and O–H groups in total. The van der Waals surface area contributed by atoms with Gasteiger partial charge in [-0.2, -0.15) is 0 Å². The molecule has 0 bridgehead atoms. The van der Waals surface area contributed by atoms with E-state index in [0.717, 1.165) is 25.1 Å². The second-order valence-corrected chi connectivity index (χ2v) is 4.67. The van der Waals surface area contributed by atoms with Crippen LogP contribution >= 0.6 is 0 Å². The second-order valence-electron chi connectivity index (χ2n) is 4.67. The lowest BCUT2D eigenvalue weighted by molar-refractivity contribution is 0.0911. The topological polar surface area (TPSA) is 41.1 Å². The Bertz CT molecular complexity index is 451. The molecule has 1 aliphatic heterocycles. The fraction of sp³-hybridized carbons (Fsp3) is 0.462. The smallest absolute Gasteiger partial charge is 0.254 e. The van der Waals surface area contributed by atoms with Gasteiger partial charge in [0.1, 0.15) is 11.6 Å². The van der Waals surface area contributed by atoms with Crippen molar-refractivity contribution < 1.29 is 13.6 Å². The summed E-state index contributed by atoms with van der Waals surface area (Å²) < 4.78 is 26.2. The van der Waals surface area contributed by atoms with Crippen molar-refractivity contribution in [3.05, 3.63) is 35.4 Å². The zero-order chi connectivity index (χ0) is 13.1. The summed E-state index contributed by atoms with van der Waals surface area (Å²) in [6, 6.07) is 2.95. The molecular formula is C13H16F2N2O. The first-order valence-corrected chi connectivity index (χ1v) is 6.04. The Balaban J connectivity index is 2.07. The van der Waals surface area contributed by atoms with E-state index >= 15 is 0 Å². The van der Waals surface area contributed by atoms with Gasteiger partial charge >= 0.3 is 0 Å². The lowest BCUT2D eigenvalue weighted by Gasteiger charge is -2.30. The number of nitrogens with one attached hydrogen (secondary N) is 2. The third-order valence-electron chi connectivity index (χ3n) is 3.32. The average Bonchev–Trinajstić information content (AvgIpc) is 2.32. The van der Waals surface area contributed by atoms with Gasteiger partial charge in [-0.05, 0) is 31.0 Å². The molecule has 2 atom stereocenters. The van der Waals surface area contributed by atoms with Crippen molar-refractivity contribution in [1.82, 2.24) is 10.6 Å². The number of amides is 1. The highest BCUT2D eigenvalue weighted by Gasteiger charge is 2.24. The highest BCUT2D eigenvalue weighted by atomic mass is 19.1. The van der Waals surface area contributed by atoms with Gasteiger partial charge in [-0.25, -0.2) is 8.78 Å². The van der Waals surface area contributed by atoms with Crippen LogP contribution < -0.4 is 10.6 Å². The van der Waals surface area contributed by atoms with E-state index in [1.54, 1.807) is 0 Å². The average molecular weight is 254 g/mol. The molecule has 0 aliphatic carbocycles. The molecule has 3 nitrogen and oxygen atoms in total. The van der Waals surface area contributed by atoms with Gasteiger partial charge in [0.05, 0.1) is 5.56 Å². The van der Waals surface area contributed by atoms with E-state index in [4.69, 9.17) is 0 Å².